The number of methoxy groups -OCH3 is 1. The molecule has 0 aliphatic heterocycles. The maximum absolute atomic E-state index is 12.2. The van der Waals surface area contributed by atoms with E-state index >= 15 is 0 Å². The molecule has 138 valence electrons. The molecule has 0 amide bonds. The Morgan fingerprint density at radius 2 is 1.92 bits per heavy atom. The lowest BCUT2D eigenvalue weighted by molar-refractivity contribution is -0.0498. The zero-order chi connectivity index (χ0) is 19.1. The predicted octanol–water partition coefficient (Wildman–Crippen LogP) is 5.24. The van der Waals surface area contributed by atoms with E-state index in [1.54, 1.807) is 18.2 Å². The highest BCUT2D eigenvalue weighted by atomic mass is 35.5. The summed E-state index contributed by atoms with van der Waals surface area (Å²) in [5.41, 5.74) is 0.998. The third-order valence-electron chi connectivity index (χ3n) is 3.33. The van der Waals surface area contributed by atoms with Gasteiger partial charge in [0.05, 0.1) is 18.7 Å². The first-order chi connectivity index (χ1) is 12.4. The minimum absolute atomic E-state index is 0.0104. The number of carbonyl (C=O) groups is 1. The molecule has 26 heavy (non-hydrogen) atoms. The molecule has 2 rings (SSSR count). The van der Waals surface area contributed by atoms with Crippen molar-refractivity contribution in [2.24, 2.45) is 0 Å². The first kappa shape index (κ1) is 19.7. The van der Waals surface area contributed by atoms with E-state index in [0.717, 1.165) is 0 Å². The van der Waals surface area contributed by atoms with Gasteiger partial charge in [-0.05, 0) is 55.0 Å². The molecule has 2 aromatic rings. The van der Waals surface area contributed by atoms with Gasteiger partial charge in [-0.15, -0.1) is 0 Å². The second-order valence-corrected chi connectivity index (χ2v) is 5.47. The van der Waals surface area contributed by atoms with Crippen molar-refractivity contribution in [2.45, 2.75) is 13.5 Å². The highest BCUT2D eigenvalue weighted by molar-refractivity contribution is 6.32. The number of hydrogen-bond donors (Lipinski definition) is 0. The zero-order valence-electron chi connectivity index (χ0n) is 14.2. The van der Waals surface area contributed by atoms with Crippen LogP contribution in [0.15, 0.2) is 42.5 Å². The van der Waals surface area contributed by atoms with Gasteiger partial charge < -0.3 is 14.2 Å². The van der Waals surface area contributed by atoms with Crippen LogP contribution < -0.4 is 14.2 Å². The molecule has 0 fully saturated rings. The van der Waals surface area contributed by atoms with E-state index in [1.165, 1.54) is 37.5 Å². The van der Waals surface area contributed by atoms with Gasteiger partial charge in [0.2, 0.25) is 0 Å². The Balaban J connectivity index is 2.17. The highest BCUT2D eigenvalue weighted by Crippen LogP contribution is 2.36. The van der Waals surface area contributed by atoms with E-state index in [2.05, 4.69) is 4.74 Å². The maximum atomic E-state index is 12.2. The molecule has 0 unspecified atom stereocenters. The number of allylic oxidation sites excluding steroid dienone is 1. The predicted molar refractivity (Wildman–Crippen MR) is 95.6 cm³/mol. The van der Waals surface area contributed by atoms with Crippen LogP contribution in [0.4, 0.5) is 8.78 Å². The van der Waals surface area contributed by atoms with Crippen molar-refractivity contribution < 1.29 is 27.8 Å². The van der Waals surface area contributed by atoms with Gasteiger partial charge in [-0.1, -0.05) is 17.7 Å². The van der Waals surface area contributed by atoms with Gasteiger partial charge in [-0.2, -0.15) is 8.78 Å². The van der Waals surface area contributed by atoms with Crippen molar-refractivity contribution in [2.75, 3.05) is 13.7 Å². The molecular weight excluding hydrogens is 366 g/mol. The Morgan fingerprint density at radius 1 is 1.23 bits per heavy atom. The number of carbonyl (C=O) groups excluding carboxylic acids is 1. The normalized spacial score (nSPS) is 11.0. The first-order valence-corrected chi connectivity index (χ1v) is 8.10. The second kappa shape index (κ2) is 9.20. The Bertz CT molecular complexity index is 789. The van der Waals surface area contributed by atoms with Gasteiger partial charge in [0.1, 0.15) is 5.75 Å². The van der Waals surface area contributed by atoms with E-state index in [4.69, 9.17) is 21.1 Å². The van der Waals surface area contributed by atoms with Crippen molar-refractivity contribution in [3.63, 3.8) is 0 Å². The fourth-order valence-corrected chi connectivity index (χ4v) is 2.51. The van der Waals surface area contributed by atoms with Crippen LogP contribution in [0.5, 0.6) is 17.2 Å². The van der Waals surface area contributed by atoms with Crippen molar-refractivity contribution in [1.29, 1.82) is 0 Å². The minimum atomic E-state index is -2.91. The van der Waals surface area contributed by atoms with Crippen molar-refractivity contribution >= 4 is 23.5 Å². The van der Waals surface area contributed by atoms with Crippen LogP contribution in [0, 0.1) is 0 Å². The van der Waals surface area contributed by atoms with E-state index in [1.807, 2.05) is 6.92 Å². The monoisotopic (exact) mass is 382 g/mol. The smallest absolute Gasteiger partial charge is 0.387 e. The Labute approximate surface area is 154 Å². The summed E-state index contributed by atoms with van der Waals surface area (Å²) in [5.74, 6) is 0.594. The summed E-state index contributed by atoms with van der Waals surface area (Å²) in [5, 5.41) is 0.360. The number of ether oxygens (including phenoxy) is 3. The molecule has 7 heteroatoms. The van der Waals surface area contributed by atoms with Crippen molar-refractivity contribution in [3.8, 4) is 17.2 Å². The summed E-state index contributed by atoms with van der Waals surface area (Å²) in [6.07, 6.45) is 2.94. The summed E-state index contributed by atoms with van der Waals surface area (Å²) in [7, 11) is 1.49. The lowest BCUT2D eigenvalue weighted by Crippen LogP contribution is -2.02. The number of benzene rings is 2. The minimum Gasteiger partial charge on any atom is -0.491 e. The summed E-state index contributed by atoms with van der Waals surface area (Å²) in [6.45, 7) is -0.636. The largest absolute Gasteiger partial charge is 0.491 e. The van der Waals surface area contributed by atoms with Crippen LogP contribution >= 0.6 is 11.6 Å². The number of alkyl halides is 2. The molecule has 0 aliphatic carbocycles. The highest BCUT2D eigenvalue weighted by Gasteiger charge is 2.11. The Kier molecular flexibility index (Phi) is 6.97. The third-order valence-corrected chi connectivity index (χ3v) is 3.61. The van der Waals surface area contributed by atoms with Crippen LogP contribution in [-0.2, 0) is 0 Å². The standard InChI is InChI=1S/C19H17ClF2O4/c1-3-25-17-11-12(10-15(20)18(17)24-2)4-9-16(23)13-5-7-14(8-6-13)26-19(21)22/h4-11,19H,3H2,1-2H3/b9-4+. The Hall–Kier alpha value is -2.60. The Morgan fingerprint density at radius 3 is 2.50 bits per heavy atom. The van der Waals surface area contributed by atoms with Crippen molar-refractivity contribution in [3.05, 3.63) is 58.6 Å². The number of ketones is 1. The quantitative estimate of drug-likeness (QED) is 0.462. The molecule has 0 saturated heterocycles. The molecule has 0 aliphatic rings. The van der Waals surface area contributed by atoms with E-state index in [9.17, 15) is 13.6 Å². The zero-order valence-corrected chi connectivity index (χ0v) is 14.9. The molecule has 2 aromatic carbocycles. The molecule has 0 aromatic heterocycles. The molecule has 0 radical (unpaired) electrons. The first-order valence-electron chi connectivity index (χ1n) is 7.72. The van der Waals surface area contributed by atoms with Gasteiger partial charge in [-0.3, -0.25) is 4.79 Å². The molecule has 0 atom stereocenters. The molecule has 0 N–H and O–H groups in total. The van der Waals surface area contributed by atoms with Gasteiger partial charge in [-0.25, -0.2) is 0 Å². The molecular formula is C19H17ClF2O4. The lowest BCUT2D eigenvalue weighted by atomic mass is 10.1. The molecule has 4 nitrogen and oxygen atoms in total. The van der Waals surface area contributed by atoms with Crippen LogP contribution in [0.2, 0.25) is 5.02 Å². The summed E-state index contributed by atoms with van der Waals surface area (Å²) in [4.78, 5) is 12.2. The SMILES string of the molecule is CCOc1cc(/C=C/C(=O)c2ccc(OC(F)F)cc2)cc(Cl)c1OC. The van der Waals surface area contributed by atoms with Gasteiger partial charge in [0.25, 0.3) is 0 Å². The third kappa shape index (κ3) is 5.20. The van der Waals surface area contributed by atoms with Crippen LogP contribution in [-0.4, -0.2) is 26.1 Å². The van der Waals surface area contributed by atoms with Gasteiger partial charge >= 0.3 is 6.61 Å². The maximum Gasteiger partial charge on any atom is 0.387 e. The lowest BCUT2D eigenvalue weighted by Gasteiger charge is -2.11. The number of rotatable bonds is 8. The van der Waals surface area contributed by atoms with Gasteiger partial charge in [0.15, 0.2) is 17.3 Å². The van der Waals surface area contributed by atoms with Crippen LogP contribution in [0.25, 0.3) is 6.08 Å². The molecule has 0 saturated carbocycles. The number of halogens is 3. The van der Waals surface area contributed by atoms with E-state index in [0.29, 0.717) is 34.3 Å². The average molecular weight is 383 g/mol. The number of hydrogen-bond acceptors (Lipinski definition) is 4. The summed E-state index contributed by atoms with van der Waals surface area (Å²) < 4.78 is 39.2. The average Bonchev–Trinajstić information content (AvgIpc) is 2.60. The molecule has 0 spiro atoms. The van der Waals surface area contributed by atoms with Gasteiger partial charge in [0, 0.05) is 5.56 Å². The van der Waals surface area contributed by atoms with Crippen molar-refractivity contribution in [1.82, 2.24) is 0 Å². The molecule has 0 bridgehead atoms. The fourth-order valence-electron chi connectivity index (χ4n) is 2.21. The van der Waals surface area contributed by atoms with E-state index in [-0.39, 0.29) is 11.5 Å². The molecule has 0 heterocycles. The fraction of sp³-hybridized carbons (Fsp3) is 0.211. The topological polar surface area (TPSA) is 44.8 Å². The van der Waals surface area contributed by atoms with Crippen LogP contribution in [0.3, 0.4) is 0 Å². The van der Waals surface area contributed by atoms with Crippen LogP contribution in [0.1, 0.15) is 22.8 Å². The summed E-state index contributed by atoms with van der Waals surface area (Å²) >= 11 is 6.16. The summed E-state index contributed by atoms with van der Waals surface area (Å²) in [6, 6.07) is 8.80. The van der Waals surface area contributed by atoms with E-state index < -0.39 is 6.61 Å². The second-order valence-electron chi connectivity index (χ2n) is 5.07.